The van der Waals surface area contributed by atoms with E-state index in [9.17, 15) is 14.7 Å². The zero-order valence-electron chi connectivity index (χ0n) is 10.8. The van der Waals surface area contributed by atoms with Crippen molar-refractivity contribution in [2.24, 2.45) is 0 Å². The van der Waals surface area contributed by atoms with E-state index in [0.29, 0.717) is 12.8 Å². The zero-order valence-corrected chi connectivity index (χ0v) is 10.8. The average molecular weight is 242 g/mol. The summed E-state index contributed by atoms with van der Waals surface area (Å²) in [5, 5.41) is 15.2. The Labute approximate surface area is 102 Å². The summed E-state index contributed by atoms with van der Waals surface area (Å²) in [6, 6.07) is 0. The Hall–Kier alpha value is -1.10. The normalized spacial score (nSPS) is 18.8. The molecule has 5 heteroatoms. The molecule has 0 unspecified atom stereocenters. The van der Waals surface area contributed by atoms with E-state index in [1.807, 2.05) is 20.8 Å². The Balaban J connectivity index is 2.36. The van der Waals surface area contributed by atoms with Crippen LogP contribution in [0.2, 0.25) is 0 Å². The van der Waals surface area contributed by atoms with Crippen LogP contribution < -0.4 is 10.6 Å². The molecule has 17 heavy (non-hydrogen) atoms. The van der Waals surface area contributed by atoms with Gasteiger partial charge in [0.1, 0.15) is 5.60 Å². The average Bonchev–Trinajstić information content (AvgIpc) is 2.60. The second-order valence-electron chi connectivity index (χ2n) is 5.72. The molecule has 98 valence electrons. The van der Waals surface area contributed by atoms with Gasteiger partial charge in [-0.1, -0.05) is 0 Å². The molecule has 0 aromatic heterocycles. The van der Waals surface area contributed by atoms with Gasteiger partial charge in [0.15, 0.2) is 0 Å². The van der Waals surface area contributed by atoms with Gasteiger partial charge in [0.05, 0.1) is 6.54 Å². The standard InChI is InChI=1S/C12H22N2O3/c1-11(2,3)14-9(15)8-13-10(16)12(17)6-4-5-7-12/h17H,4-8H2,1-3H3,(H,13,16)(H,14,15). The van der Waals surface area contributed by atoms with E-state index < -0.39 is 11.5 Å². The molecule has 1 fully saturated rings. The maximum Gasteiger partial charge on any atom is 0.252 e. The molecule has 0 heterocycles. The van der Waals surface area contributed by atoms with Gasteiger partial charge in [0, 0.05) is 5.54 Å². The zero-order chi connectivity index (χ0) is 13.1. The molecule has 1 saturated carbocycles. The third-order valence-corrected chi connectivity index (χ3v) is 2.78. The van der Waals surface area contributed by atoms with Gasteiger partial charge in [-0.3, -0.25) is 9.59 Å². The molecular weight excluding hydrogens is 220 g/mol. The van der Waals surface area contributed by atoms with Crippen molar-refractivity contribution in [3.63, 3.8) is 0 Å². The molecule has 1 rings (SSSR count). The lowest BCUT2D eigenvalue weighted by Gasteiger charge is -2.23. The van der Waals surface area contributed by atoms with Crippen LogP contribution in [-0.4, -0.2) is 34.6 Å². The highest BCUT2D eigenvalue weighted by Crippen LogP contribution is 2.29. The molecule has 3 N–H and O–H groups in total. The molecular formula is C12H22N2O3. The van der Waals surface area contributed by atoms with E-state index in [-0.39, 0.29) is 18.0 Å². The second-order valence-corrected chi connectivity index (χ2v) is 5.72. The molecule has 0 aliphatic heterocycles. The fourth-order valence-electron chi connectivity index (χ4n) is 1.97. The van der Waals surface area contributed by atoms with Crippen LogP contribution in [0, 0.1) is 0 Å². The van der Waals surface area contributed by atoms with Gasteiger partial charge in [-0.05, 0) is 46.5 Å². The summed E-state index contributed by atoms with van der Waals surface area (Å²) in [6.07, 6.45) is 2.69. The van der Waals surface area contributed by atoms with Gasteiger partial charge in [0.25, 0.3) is 5.91 Å². The Bertz CT molecular complexity index is 301. The van der Waals surface area contributed by atoms with Gasteiger partial charge in [-0.15, -0.1) is 0 Å². The molecule has 5 nitrogen and oxygen atoms in total. The molecule has 0 aromatic carbocycles. The maximum absolute atomic E-state index is 11.7. The van der Waals surface area contributed by atoms with Gasteiger partial charge in [0.2, 0.25) is 5.91 Å². The summed E-state index contributed by atoms with van der Waals surface area (Å²) in [5.74, 6) is -0.675. The summed E-state index contributed by atoms with van der Waals surface area (Å²) < 4.78 is 0. The van der Waals surface area contributed by atoms with Crippen molar-refractivity contribution in [1.82, 2.24) is 10.6 Å². The fraction of sp³-hybridized carbons (Fsp3) is 0.833. The summed E-state index contributed by atoms with van der Waals surface area (Å²) in [4.78, 5) is 23.2. The Morgan fingerprint density at radius 1 is 1.24 bits per heavy atom. The van der Waals surface area contributed by atoms with Crippen LogP contribution in [-0.2, 0) is 9.59 Å². The molecule has 0 aromatic rings. The lowest BCUT2D eigenvalue weighted by Crippen LogP contribution is -2.50. The summed E-state index contributed by atoms with van der Waals surface area (Å²) >= 11 is 0. The molecule has 0 bridgehead atoms. The van der Waals surface area contributed by atoms with Crippen molar-refractivity contribution < 1.29 is 14.7 Å². The monoisotopic (exact) mass is 242 g/mol. The van der Waals surface area contributed by atoms with Crippen LogP contribution in [0.15, 0.2) is 0 Å². The molecule has 1 aliphatic carbocycles. The van der Waals surface area contributed by atoms with Crippen molar-refractivity contribution in [3.05, 3.63) is 0 Å². The first-order chi connectivity index (χ1) is 7.73. The van der Waals surface area contributed by atoms with Crippen LogP contribution in [0.5, 0.6) is 0 Å². The molecule has 0 radical (unpaired) electrons. The van der Waals surface area contributed by atoms with E-state index in [1.54, 1.807) is 0 Å². The summed E-state index contributed by atoms with van der Waals surface area (Å²) in [5.41, 5.74) is -1.58. The molecule has 0 spiro atoms. The fourth-order valence-corrected chi connectivity index (χ4v) is 1.97. The third-order valence-electron chi connectivity index (χ3n) is 2.78. The van der Waals surface area contributed by atoms with Crippen molar-refractivity contribution in [3.8, 4) is 0 Å². The highest BCUT2D eigenvalue weighted by atomic mass is 16.3. The first-order valence-corrected chi connectivity index (χ1v) is 6.05. The first-order valence-electron chi connectivity index (χ1n) is 6.05. The predicted molar refractivity (Wildman–Crippen MR) is 64.3 cm³/mol. The highest BCUT2D eigenvalue weighted by Gasteiger charge is 2.38. The van der Waals surface area contributed by atoms with Crippen LogP contribution >= 0.6 is 0 Å². The second kappa shape index (κ2) is 5.04. The van der Waals surface area contributed by atoms with E-state index in [1.165, 1.54) is 0 Å². The van der Waals surface area contributed by atoms with Crippen molar-refractivity contribution >= 4 is 11.8 Å². The molecule has 2 amide bonds. The van der Waals surface area contributed by atoms with Crippen molar-refractivity contribution in [1.29, 1.82) is 0 Å². The number of nitrogens with one attached hydrogen (secondary N) is 2. The number of rotatable bonds is 3. The van der Waals surface area contributed by atoms with E-state index in [4.69, 9.17) is 0 Å². The molecule has 0 saturated heterocycles. The number of carbonyl (C=O) groups excluding carboxylic acids is 2. The molecule has 1 aliphatic rings. The van der Waals surface area contributed by atoms with Crippen LogP contribution in [0.4, 0.5) is 0 Å². The van der Waals surface area contributed by atoms with Crippen LogP contribution in [0.1, 0.15) is 46.5 Å². The van der Waals surface area contributed by atoms with E-state index in [2.05, 4.69) is 10.6 Å². The SMILES string of the molecule is CC(C)(C)NC(=O)CNC(=O)C1(O)CCCC1. The predicted octanol–water partition coefficient (Wildman–Crippen LogP) is 0.322. The number of carbonyl (C=O) groups is 2. The van der Waals surface area contributed by atoms with E-state index >= 15 is 0 Å². The summed E-state index contributed by atoms with van der Waals surface area (Å²) in [6.45, 7) is 5.53. The topological polar surface area (TPSA) is 78.4 Å². The quantitative estimate of drug-likeness (QED) is 0.667. The van der Waals surface area contributed by atoms with E-state index in [0.717, 1.165) is 12.8 Å². The van der Waals surface area contributed by atoms with Crippen LogP contribution in [0.3, 0.4) is 0 Å². The number of hydrogen-bond donors (Lipinski definition) is 3. The van der Waals surface area contributed by atoms with Gasteiger partial charge in [-0.25, -0.2) is 0 Å². The van der Waals surface area contributed by atoms with Gasteiger partial charge < -0.3 is 15.7 Å². The first kappa shape index (κ1) is 14.0. The third kappa shape index (κ3) is 4.34. The number of hydrogen-bond acceptors (Lipinski definition) is 3. The number of aliphatic hydroxyl groups is 1. The Morgan fingerprint density at radius 3 is 2.24 bits per heavy atom. The minimum atomic E-state index is -1.26. The maximum atomic E-state index is 11.7. The Kier molecular flexibility index (Phi) is 4.14. The van der Waals surface area contributed by atoms with Crippen LogP contribution in [0.25, 0.3) is 0 Å². The Morgan fingerprint density at radius 2 is 1.76 bits per heavy atom. The lowest BCUT2D eigenvalue weighted by atomic mass is 10.0. The van der Waals surface area contributed by atoms with Gasteiger partial charge >= 0.3 is 0 Å². The smallest absolute Gasteiger partial charge is 0.252 e. The minimum absolute atomic E-state index is 0.0849. The largest absolute Gasteiger partial charge is 0.380 e. The summed E-state index contributed by atoms with van der Waals surface area (Å²) in [7, 11) is 0. The van der Waals surface area contributed by atoms with Crippen molar-refractivity contribution in [2.75, 3.05) is 6.54 Å². The van der Waals surface area contributed by atoms with Crippen molar-refractivity contribution in [2.45, 2.75) is 57.6 Å². The van der Waals surface area contributed by atoms with Gasteiger partial charge in [-0.2, -0.15) is 0 Å². The molecule has 0 atom stereocenters. The minimum Gasteiger partial charge on any atom is -0.380 e. The highest BCUT2D eigenvalue weighted by molar-refractivity contribution is 5.89. The lowest BCUT2D eigenvalue weighted by molar-refractivity contribution is -0.140. The number of amides is 2.